The molecule has 1 unspecified atom stereocenters. The fraction of sp³-hybridized carbons (Fsp3) is 0.222. The molecule has 1 atom stereocenters. The van der Waals surface area contributed by atoms with Crippen molar-refractivity contribution < 1.29 is 0 Å². The molecule has 0 fully saturated rings. The van der Waals surface area contributed by atoms with E-state index in [9.17, 15) is 0 Å². The fourth-order valence-electron chi connectivity index (χ4n) is 1.11. The van der Waals surface area contributed by atoms with Crippen LogP contribution in [0.3, 0.4) is 0 Å². The Morgan fingerprint density at radius 1 is 1.62 bits per heavy atom. The highest BCUT2D eigenvalue weighted by Crippen LogP contribution is 2.19. The maximum atomic E-state index is 5.71. The molecule has 0 saturated carbocycles. The largest absolute Gasteiger partial charge is 0.341 e. The molecule has 3 N–H and O–H groups in total. The quantitative estimate of drug-likeness (QED) is 0.767. The minimum atomic E-state index is 0.0138. The first kappa shape index (κ1) is 8.47. The number of nitrogens with two attached hydrogens (primary N) is 1. The number of rotatable bonds is 2. The zero-order chi connectivity index (χ0) is 9.26. The maximum Gasteiger partial charge on any atom is 0.138 e. The second-order valence-electron chi connectivity index (χ2n) is 2.99. The average molecular weight is 193 g/mol. The van der Waals surface area contributed by atoms with E-state index in [2.05, 4.69) is 15.3 Å². The summed E-state index contributed by atoms with van der Waals surface area (Å²) in [6, 6.07) is 2.05. The minimum absolute atomic E-state index is 0.0138. The molecule has 2 aromatic heterocycles. The molecule has 0 aliphatic rings. The third kappa shape index (κ3) is 1.64. The molecule has 0 amide bonds. The lowest BCUT2D eigenvalue weighted by Crippen LogP contribution is -2.04. The van der Waals surface area contributed by atoms with E-state index in [1.807, 2.05) is 18.4 Å². The number of imidazole rings is 1. The Labute approximate surface area is 80.6 Å². The summed E-state index contributed by atoms with van der Waals surface area (Å²) in [5.74, 6) is 0.897. The molecule has 0 aliphatic carbocycles. The van der Waals surface area contributed by atoms with Crippen molar-refractivity contribution in [1.29, 1.82) is 0 Å². The number of hydrogen-bond acceptors (Lipinski definition) is 3. The molecule has 4 heteroatoms. The van der Waals surface area contributed by atoms with Gasteiger partial charge in [0.2, 0.25) is 0 Å². The zero-order valence-corrected chi connectivity index (χ0v) is 8.14. The first-order valence-electron chi connectivity index (χ1n) is 4.10. The maximum absolute atomic E-state index is 5.71. The average Bonchev–Trinajstić information content (AvgIpc) is 2.75. The Kier molecular flexibility index (Phi) is 2.16. The Morgan fingerprint density at radius 2 is 2.46 bits per heavy atom. The summed E-state index contributed by atoms with van der Waals surface area (Å²) >= 11 is 1.66. The van der Waals surface area contributed by atoms with E-state index in [0.29, 0.717) is 0 Å². The summed E-state index contributed by atoms with van der Waals surface area (Å²) in [6.45, 7) is 1.94. The van der Waals surface area contributed by atoms with Crippen LogP contribution in [0, 0.1) is 0 Å². The molecule has 0 bridgehead atoms. The summed E-state index contributed by atoms with van der Waals surface area (Å²) < 4.78 is 0. The highest BCUT2D eigenvalue weighted by atomic mass is 32.1. The van der Waals surface area contributed by atoms with Gasteiger partial charge < -0.3 is 10.7 Å². The number of nitrogens with zero attached hydrogens (tertiary/aromatic N) is 1. The van der Waals surface area contributed by atoms with Crippen LogP contribution in [0.2, 0.25) is 0 Å². The third-order valence-corrected chi connectivity index (χ3v) is 2.56. The summed E-state index contributed by atoms with van der Waals surface area (Å²) in [5.41, 5.74) is 7.81. The zero-order valence-electron chi connectivity index (χ0n) is 7.32. The normalized spacial score (nSPS) is 13.1. The summed E-state index contributed by atoms with van der Waals surface area (Å²) in [6.07, 6.45) is 1.79. The van der Waals surface area contributed by atoms with Crippen LogP contribution in [0.4, 0.5) is 0 Å². The highest BCUT2D eigenvalue weighted by molar-refractivity contribution is 7.08. The van der Waals surface area contributed by atoms with E-state index >= 15 is 0 Å². The van der Waals surface area contributed by atoms with Gasteiger partial charge in [0.05, 0.1) is 11.9 Å². The van der Waals surface area contributed by atoms with Crippen LogP contribution in [-0.4, -0.2) is 9.97 Å². The van der Waals surface area contributed by atoms with Crippen molar-refractivity contribution in [3.8, 4) is 11.4 Å². The van der Waals surface area contributed by atoms with Gasteiger partial charge in [-0.25, -0.2) is 4.98 Å². The predicted molar refractivity (Wildman–Crippen MR) is 54.5 cm³/mol. The number of H-pyrrole nitrogens is 1. The number of thiophene rings is 1. The van der Waals surface area contributed by atoms with Gasteiger partial charge in [-0.2, -0.15) is 11.3 Å². The third-order valence-electron chi connectivity index (χ3n) is 1.88. The van der Waals surface area contributed by atoms with Gasteiger partial charge in [0.1, 0.15) is 5.82 Å². The lowest BCUT2D eigenvalue weighted by Gasteiger charge is -1.98. The van der Waals surface area contributed by atoms with E-state index in [1.54, 1.807) is 17.5 Å². The highest BCUT2D eigenvalue weighted by Gasteiger charge is 2.05. The van der Waals surface area contributed by atoms with Crippen LogP contribution in [0.15, 0.2) is 23.0 Å². The van der Waals surface area contributed by atoms with E-state index < -0.39 is 0 Å². The number of hydrogen-bond donors (Lipinski definition) is 2. The second-order valence-corrected chi connectivity index (χ2v) is 3.77. The molecule has 0 aromatic carbocycles. The van der Waals surface area contributed by atoms with E-state index in [0.717, 1.165) is 17.1 Å². The first-order valence-corrected chi connectivity index (χ1v) is 5.04. The van der Waals surface area contributed by atoms with Crippen LogP contribution < -0.4 is 5.73 Å². The Balaban J connectivity index is 2.33. The van der Waals surface area contributed by atoms with Crippen LogP contribution in [0.25, 0.3) is 11.4 Å². The second kappa shape index (κ2) is 3.32. The molecule has 2 rings (SSSR count). The molecular formula is C9H11N3S. The van der Waals surface area contributed by atoms with Crippen molar-refractivity contribution in [3.05, 3.63) is 28.7 Å². The molecule has 0 radical (unpaired) electrons. The van der Waals surface area contributed by atoms with Gasteiger partial charge in [0, 0.05) is 17.0 Å². The van der Waals surface area contributed by atoms with Crippen LogP contribution in [0.5, 0.6) is 0 Å². The molecule has 0 saturated heterocycles. The fourth-order valence-corrected chi connectivity index (χ4v) is 1.75. The first-order chi connectivity index (χ1) is 6.27. The van der Waals surface area contributed by atoms with Gasteiger partial charge in [0.15, 0.2) is 0 Å². The topological polar surface area (TPSA) is 54.7 Å². The van der Waals surface area contributed by atoms with Crippen molar-refractivity contribution in [1.82, 2.24) is 9.97 Å². The lowest BCUT2D eigenvalue weighted by molar-refractivity contribution is 0.789. The summed E-state index contributed by atoms with van der Waals surface area (Å²) in [7, 11) is 0. The van der Waals surface area contributed by atoms with Crippen molar-refractivity contribution in [3.63, 3.8) is 0 Å². The SMILES string of the molecule is CC(N)c1cnc(-c2ccsc2)[nH]1. The minimum Gasteiger partial charge on any atom is -0.341 e. The van der Waals surface area contributed by atoms with Crippen molar-refractivity contribution in [2.24, 2.45) is 5.73 Å². The van der Waals surface area contributed by atoms with E-state index in [-0.39, 0.29) is 6.04 Å². The van der Waals surface area contributed by atoms with Gasteiger partial charge in [-0.05, 0) is 18.4 Å². The van der Waals surface area contributed by atoms with Crippen LogP contribution in [0.1, 0.15) is 18.7 Å². The monoisotopic (exact) mass is 193 g/mol. The number of aromatic nitrogens is 2. The molecule has 3 nitrogen and oxygen atoms in total. The Bertz CT molecular complexity index is 375. The van der Waals surface area contributed by atoms with Crippen molar-refractivity contribution >= 4 is 11.3 Å². The van der Waals surface area contributed by atoms with E-state index in [4.69, 9.17) is 5.73 Å². The lowest BCUT2D eigenvalue weighted by atomic mass is 10.3. The van der Waals surface area contributed by atoms with Gasteiger partial charge in [-0.3, -0.25) is 0 Å². The van der Waals surface area contributed by atoms with Gasteiger partial charge in [-0.15, -0.1) is 0 Å². The van der Waals surface area contributed by atoms with Gasteiger partial charge >= 0.3 is 0 Å². The Morgan fingerprint density at radius 3 is 3.00 bits per heavy atom. The number of aromatic amines is 1. The van der Waals surface area contributed by atoms with Crippen LogP contribution >= 0.6 is 11.3 Å². The van der Waals surface area contributed by atoms with Gasteiger partial charge in [0.25, 0.3) is 0 Å². The van der Waals surface area contributed by atoms with Crippen molar-refractivity contribution in [2.75, 3.05) is 0 Å². The smallest absolute Gasteiger partial charge is 0.138 e. The molecule has 68 valence electrons. The number of nitrogens with one attached hydrogen (secondary N) is 1. The summed E-state index contributed by atoms with van der Waals surface area (Å²) in [4.78, 5) is 7.44. The van der Waals surface area contributed by atoms with Crippen LogP contribution in [-0.2, 0) is 0 Å². The van der Waals surface area contributed by atoms with Gasteiger partial charge in [-0.1, -0.05) is 0 Å². The molecule has 13 heavy (non-hydrogen) atoms. The Hall–Kier alpha value is -1.13. The molecule has 0 aliphatic heterocycles. The van der Waals surface area contributed by atoms with E-state index in [1.165, 1.54) is 0 Å². The molecule has 2 heterocycles. The standard InChI is InChI=1S/C9H11N3S/c1-6(10)8-4-11-9(12-8)7-2-3-13-5-7/h2-6H,10H2,1H3,(H,11,12). The molecule has 2 aromatic rings. The predicted octanol–water partition coefficient (Wildman–Crippen LogP) is 2.16. The van der Waals surface area contributed by atoms with Crippen molar-refractivity contribution in [2.45, 2.75) is 13.0 Å². The molecular weight excluding hydrogens is 182 g/mol. The molecule has 0 spiro atoms. The summed E-state index contributed by atoms with van der Waals surface area (Å²) in [5, 5.41) is 4.09.